The smallest absolute Gasteiger partial charge is 0.136 e. The van der Waals surface area contributed by atoms with Gasteiger partial charge in [0.25, 0.3) is 0 Å². The average molecular weight is 129 g/mol. The fourth-order valence-electron chi connectivity index (χ4n) is 0.252. The first kappa shape index (κ1) is 7.54. The summed E-state index contributed by atoms with van der Waals surface area (Å²) in [6.07, 6.45) is 2.05. The van der Waals surface area contributed by atoms with Crippen molar-refractivity contribution in [3.05, 3.63) is 12.7 Å². The maximum atomic E-state index is 8.72. The van der Waals surface area contributed by atoms with Crippen molar-refractivity contribution in [2.75, 3.05) is 0 Å². The van der Waals surface area contributed by atoms with Gasteiger partial charge in [0.2, 0.25) is 0 Å². The second-order valence-electron chi connectivity index (χ2n) is 1.19. The second kappa shape index (κ2) is 4.69. The van der Waals surface area contributed by atoms with Crippen molar-refractivity contribution in [1.29, 1.82) is 5.26 Å². The molecular formula is C5H7NOS. The number of rotatable bonds is 3. The Bertz CT molecular complexity index is 107. The van der Waals surface area contributed by atoms with E-state index in [9.17, 15) is 0 Å². The number of thiocyanates is 1. The highest BCUT2D eigenvalue weighted by atomic mass is 32.2. The van der Waals surface area contributed by atoms with Crippen LogP contribution in [0.25, 0.3) is 0 Å². The summed E-state index contributed by atoms with van der Waals surface area (Å²) in [7, 11) is 0. The van der Waals surface area contributed by atoms with Gasteiger partial charge in [-0.1, -0.05) is 6.08 Å². The molecule has 0 rings (SSSR count). The largest absolute Gasteiger partial charge is 0.381 e. The fourth-order valence-corrected chi connectivity index (χ4v) is 0.606. The second-order valence-corrected chi connectivity index (χ2v) is 2.15. The topological polar surface area (TPSA) is 44.0 Å². The Kier molecular flexibility index (Phi) is 4.42. The molecule has 0 fully saturated rings. The van der Waals surface area contributed by atoms with Gasteiger partial charge in [0.05, 0.1) is 0 Å². The lowest BCUT2D eigenvalue weighted by Gasteiger charge is -1.96. The molecule has 1 N–H and O–H groups in total. The van der Waals surface area contributed by atoms with Crippen LogP contribution in [0.2, 0.25) is 0 Å². The predicted octanol–water partition coefficient (Wildman–Crippen LogP) is 1.10. The maximum absolute atomic E-state index is 8.72. The highest BCUT2D eigenvalue weighted by molar-refractivity contribution is 8.04. The molecule has 0 heterocycles. The molecule has 1 atom stereocenters. The molecular weight excluding hydrogens is 122 g/mol. The van der Waals surface area contributed by atoms with Gasteiger partial charge in [-0.15, -0.1) is 6.58 Å². The maximum Gasteiger partial charge on any atom is 0.136 e. The molecule has 8 heavy (non-hydrogen) atoms. The SMILES string of the molecule is C=CCC(O)SC#N. The number of aliphatic hydroxyl groups is 1. The average Bonchev–Trinajstić information content (AvgIpc) is 1.68. The Labute approximate surface area is 52.8 Å². The van der Waals surface area contributed by atoms with Crippen LogP contribution < -0.4 is 0 Å². The fraction of sp³-hybridized carbons (Fsp3) is 0.400. The summed E-state index contributed by atoms with van der Waals surface area (Å²) in [5.74, 6) is 0. The Balaban J connectivity index is 3.20. The molecule has 0 aromatic carbocycles. The third-order valence-electron chi connectivity index (χ3n) is 0.557. The van der Waals surface area contributed by atoms with Gasteiger partial charge in [0, 0.05) is 6.42 Å². The third-order valence-corrected chi connectivity index (χ3v) is 1.13. The summed E-state index contributed by atoms with van der Waals surface area (Å²) < 4.78 is 0. The van der Waals surface area contributed by atoms with Gasteiger partial charge in [-0.3, -0.25) is 0 Å². The first-order chi connectivity index (χ1) is 3.81. The molecule has 0 bridgehead atoms. The van der Waals surface area contributed by atoms with Crippen LogP contribution in [-0.4, -0.2) is 10.5 Å². The van der Waals surface area contributed by atoms with Gasteiger partial charge in [0.1, 0.15) is 10.8 Å². The zero-order valence-corrected chi connectivity index (χ0v) is 5.19. The van der Waals surface area contributed by atoms with Crippen molar-refractivity contribution >= 4 is 11.8 Å². The predicted molar refractivity (Wildman–Crippen MR) is 34.0 cm³/mol. The first-order valence-electron chi connectivity index (χ1n) is 2.15. The lowest BCUT2D eigenvalue weighted by Crippen LogP contribution is -1.94. The molecule has 0 spiro atoms. The zero-order chi connectivity index (χ0) is 6.41. The molecule has 0 radical (unpaired) electrons. The molecule has 0 aliphatic heterocycles. The minimum absolute atomic E-state index is 0.470. The van der Waals surface area contributed by atoms with Crippen LogP contribution in [0.1, 0.15) is 6.42 Å². The molecule has 2 nitrogen and oxygen atoms in total. The zero-order valence-electron chi connectivity index (χ0n) is 4.37. The van der Waals surface area contributed by atoms with Crippen molar-refractivity contribution in [1.82, 2.24) is 0 Å². The van der Waals surface area contributed by atoms with Gasteiger partial charge >= 0.3 is 0 Å². The standard InChI is InChI=1S/C5H7NOS/c1-2-3-5(7)8-4-6/h2,5,7H,1,3H2. The number of aliphatic hydroxyl groups excluding tert-OH is 1. The highest BCUT2D eigenvalue weighted by Crippen LogP contribution is 2.08. The van der Waals surface area contributed by atoms with E-state index < -0.39 is 5.44 Å². The Hall–Kier alpha value is -0.460. The molecule has 0 amide bonds. The molecule has 44 valence electrons. The Morgan fingerprint density at radius 2 is 2.62 bits per heavy atom. The molecule has 0 aromatic rings. The van der Waals surface area contributed by atoms with E-state index in [0.29, 0.717) is 6.42 Å². The van der Waals surface area contributed by atoms with Crippen LogP contribution in [0.4, 0.5) is 0 Å². The molecule has 0 aliphatic carbocycles. The molecule has 0 aliphatic rings. The van der Waals surface area contributed by atoms with Crippen molar-refractivity contribution in [3.8, 4) is 5.40 Å². The van der Waals surface area contributed by atoms with E-state index in [4.69, 9.17) is 10.4 Å². The summed E-state index contributed by atoms with van der Waals surface area (Å²) in [4.78, 5) is 0. The minimum Gasteiger partial charge on any atom is -0.381 e. The van der Waals surface area contributed by atoms with E-state index in [1.807, 2.05) is 0 Å². The summed E-state index contributed by atoms with van der Waals surface area (Å²) in [5, 5.41) is 18.5. The van der Waals surface area contributed by atoms with Crippen molar-refractivity contribution < 1.29 is 5.11 Å². The number of nitriles is 1. The Morgan fingerprint density at radius 1 is 2.00 bits per heavy atom. The van der Waals surface area contributed by atoms with Crippen molar-refractivity contribution in [2.24, 2.45) is 0 Å². The number of thioether (sulfide) groups is 1. The van der Waals surface area contributed by atoms with E-state index in [-0.39, 0.29) is 0 Å². The van der Waals surface area contributed by atoms with Crippen LogP contribution in [0, 0.1) is 10.7 Å². The van der Waals surface area contributed by atoms with E-state index in [1.165, 1.54) is 0 Å². The van der Waals surface area contributed by atoms with Crippen LogP contribution in [0.15, 0.2) is 12.7 Å². The van der Waals surface area contributed by atoms with Crippen LogP contribution in [0.3, 0.4) is 0 Å². The lowest BCUT2D eigenvalue weighted by molar-refractivity contribution is 0.268. The normalized spacial score (nSPS) is 12.0. The van der Waals surface area contributed by atoms with E-state index in [2.05, 4.69) is 6.58 Å². The summed E-state index contributed by atoms with van der Waals surface area (Å²) in [6, 6.07) is 0. The van der Waals surface area contributed by atoms with Crippen molar-refractivity contribution in [2.45, 2.75) is 11.9 Å². The van der Waals surface area contributed by atoms with E-state index in [0.717, 1.165) is 11.8 Å². The Morgan fingerprint density at radius 3 is 3.00 bits per heavy atom. The molecule has 0 saturated carbocycles. The van der Waals surface area contributed by atoms with Gasteiger partial charge < -0.3 is 5.11 Å². The third kappa shape index (κ3) is 3.72. The summed E-state index contributed by atoms with van der Waals surface area (Å²) in [5.41, 5.74) is -0.600. The summed E-state index contributed by atoms with van der Waals surface area (Å²) >= 11 is 0.846. The first-order valence-corrected chi connectivity index (χ1v) is 3.03. The van der Waals surface area contributed by atoms with Crippen LogP contribution in [-0.2, 0) is 0 Å². The molecule has 0 saturated heterocycles. The lowest BCUT2D eigenvalue weighted by atomic mass is 10.5. The minimum atomic E-state index is -0.600. The van der Waals surface area contributed by atoms with E-state index in [1.54, 1.807) is 11.5 Å². The van der Waals surface area contributed by atoms with E-state index >= 15 is 0 Å². The highest BCUT2D eigenvalue weighted by Gasteiger charge is 1.97. The molecule has 3 heteroatoms. The van der Waals surface area contributed by atoms with Gasteiger partial charge in [-0.2, -0.15) is 5.26 Å². The number of hydrogen-bond acceptors (Lipinski definition) is 3. The monoisotopic (exact) mass is 129 g/mol. The quantitative estimate of drug-likeness (QED) is 0.352. The van der Waals surface area contributed by atoms with Gasteiger partial charge in [-0.25, -0.2) is 0 Å². The molecule has 0 aromatic heterocycles. The number of hydrogen-bond donors (Lipinski definition) is 1. The van der Waals surface area contributed by atoms with Crippen molar-refractivity contribution in [3.63, 3.8) is 0 Å². The summed E-state index contributed by atoms with van der Waals surface area (Å²) in [6.45, 7) is 3.40. The number of nitrogens with zero attached hydrogens (tertiary/aromatic N) is 1. The molecule has 1 unspecified atom stereocenters. The van der Waals surface area contributed by atoms with Crippen LogP contribution in [0.5, 0.6) is 0 Å². The van der Waals surface area contributed by atoms with Crippen LogP contribution >= 0.6 is 11.8 Å². The van der Waals surface area contributed by atoms with Gasteiger partial charge in [0.15, 0.2) is 0 Å². The van der Waals surface area contributed by atoms with Gasteiger partial charge in [-0.05, 0) is 11.8 Å².